The van der Waals surface area contributed by atoms with Crippen molar-refractivity contribution >= 4 is 6.29 Å². The Morgan fingerprint density at radius 1 is 1.50 bits per heavy atom. The molecule has 1 heterocycles. The summed E-state index contributed by atoms with van der Waals surface area (Å²) < 4.78 is 4.61. The first kappa shape index (κ1) is 12.4. The van der Waals surface area contributed by atoms with Gasteiger partial charge < -0.3 is 9.52 Å². The second kappa shape index (κ2) is 9.48. The fraction of sp³-hybridized carbons (Fsp3) is 0.182. The number of rotatable bonds is 3. The minimum absolute atomic E-state index is 0.129. The molecule has 0 unspecified atom stereocenters. The Morgan fingerprint density at radius 2 is 2.29 bits per heavy atom. The van der Waals surface area contributed by atoms with Gasteiger partial charge in [0.25, 0.3) is 0 Å². The summed E-state index contributed by atoms with van der Waals surface area (Å²) in [4.78, 5) is 9.77. The van der Waals surface area contributed by atoms with Gasteiger partial charge in [-0.2, -0.15) is 0 Å². The average molecular weight is 194 g/mol. The fourth-order valence-electron chi connectivity index (χ4n) is 0.609. The quantitative estimate of drug-likeness (QED) is 0.592. The lowest BCUT2D eigenvalue weighted by molar-refractivity contribution is 0.110. The number of furan rings is 1. The van der Waals surface area contributed by atoms with E-state index < -0.39 is 0 Å². The number of aliphatic hydroxyl groups is 1. The number of hydrogen-bond acceptors (Lipinski definition) is 3. The molecule has 0 aliphatic carbocycles. The molecule has 0 bridgehead atoms. The van der Waals surface area contributed by atoms with Crippen LogP contribution in [0.15, 0.2) is 47.1 Å². The first-order valence-electron chi connectivity index (χ1n) is 4.22. The van der Waals surface area contributed by atoms with Crippen LogP contribution in [0, 0.1) is 0 Å². The molecule has 0 aliphatic rings. The molecule has 14 heavy (non-hydrogen) atoms. The second-order valence-electron chi connectivity index (χ2n) is 2.27. The fourth-order valence-corrected chi connectivity index (χ4v) is 0.609. The molecule has 1 N–H and O–H groups in total. The highest BCUT2D eigenvalue weighted by Gasteiger charge is 1.84. The zero-order chi connectivity index (χ0) is 10.6. The van der Waals surface area contributed by atoms with E-state index in [1.165, 1.54) is 6.26 Å². The van der Waals surface area contributed by atoms with E-state index in [4.69, 9.17) is 5.11 Å². The topological polar surface area (TPSA) is 50.4 Å². The molecule has 0 fully saturated rings. The standard InChI is InChI=1S/C6H10O.C5H4O2/c1-2-3-4-5-6-7;6-4-5-2-1-3-7-5/h2-5,7H,6H2,1H3;1-4H/b3-2+,5-4+;. The van der Waals surface area contributed by atoms with E-state index in [0.29, 0.717) is 12.0 Å². The van der Waals surface area contributed by atoms with E-state index in [9.17, 15) is 4.79 Å². The normalized spacial score (nSPS) is 10.1. The molecule has 0 aliphatic heterocycles. The van der Waals surface area contributed by atoms with E-state index in [1.807, 2.05) is 19.1 Å². The van der Waals surface area contributed by atoms with Crippen LogP contribution in [-0.4, -0.2) is 18.0 Å². The van der Waals surface area contributed by atoms with Crippen LogP contribution in [0.25, 0.3) is 0 Å². The van der Waals surface area contributed by atoms with Crippen LogP contribution in [0.3, 0.4) is 0 Å². The lowest BCUT2D eigenvalue weighted by atomic mass is 10.4. The van der Waals surface area contributed by atoms with Crippen LogP contribution < -0.4 is 0 Å². The Morgan fingerprint density at radius 3 is 2.64 bits per heavy atom. The first-order valence-corrected chi connectivity index (χ1v) is 4.22. The summed E-state index contributed by atoms with van der Waals surface area (Å²) in [5.41, 5.74) is 0. The average Bonchev–Trinajstić information content (AvgIpc) is 2.72. The van der Waals surface area contributed by atoms with Crippen molar-refractivity contribution in [3.8, 4) is 0 Å². The highest BCUT2D eigenvalue weighted by Crippen LogP contribution is 1.92. The monoisotopic (exact) mass is 194 g/mol. The van der Waals surface area contributed by atoms with Crippen molar-refractivity contribution in [2.75, 3.05) is 6.61 Å². The number of carbonyl (C=O) groups excluding carboxylic acids is 1. The zero-order valence-corrected chi connectivity index (χ0v) is 8.09. The van der Waals surface area contributed by atoms with E-state index in [0.717, 1.165) is 0 Å². The van der Waals surface area contributed by atoms with E-state index in [2.05, 4.69) is 4.42 Å². The SMILES string of the molecule is C/C=C/C=C/CO.O=Cc1ccco1. The molecule has 76 valence electrons. The summed E-state index contributed by atoms with van der Waals surface area (Å²) in [6.07, 6.45) is 9.39. The van der Waals surface area contributed by atoms with E-state index in [1.54, 1.807) is 24.3 Å². The molecule has 0 saturated carbocycles. The van der Waals surface area contributed by atoms with Crippen molar-refractivity contribution in [3.63, 3.8) is 0 Å². The predicted octanol–water partition coefficient (Wildman–Crippen LogP) is 2.20. The number of allylic oxidation sites excluding steroid dienone is 3. The van der Waals surface area contributed by atoms with Gasteiger partial charge in [0.05, 0.1) is 12.9 Å². The van der Waals surface area contributed by atoms with Crippen molar-refractivity contribution < 1.29 is 14.3 Å². The molecule has 0 atom stereocenters. The van der Waals surface area contributed by atoms with Crippen LogP contribution in [0.1, 0.15) is 17.5 Å². The summed E-state index contributed by atoms with van der Waals surface area (Å²) in [5, 5.41) is 8.17. The third-order valence-corrected chi connectivity index (χ3v) is 1.20. The van der Waals surface area contributed by atoms with Gasteiger partial charge in [0.1, 0.15) is 0 Å². The number of aldehydes is 1. The first-order chi connectivity index (χ1) is 6.85. The van der Waals surface area contributed by atoms with Crippen molar-refractivity contribution in [1.82, 2.24) is 0 Å². The largest absolute Gasteiger partial charge is 0.462 e. The maximum absolute atomic E-state index is 9.77. The Balaban J connectivity index is 0.000000241. The molecular formula is C11H14O3. The number of aliphatic hydroxyl groups excluding tert-OH is 1. The molecule has 0 radical (unpaired) electrons. The minimum Gasteiger partial charge on any atom is -0.462 e. The van der Waals surface area contributed by atoms with Gasteiger partial charge in [0, 0.05) is 0 Å². The third kappa shape index (κ3) is 7.06. The molecular weight excluding hydrogens is 180 g/mol. The van der Waals surface area contributed by atoms with Gasteiger partial charge in [-0.25, -0.2) is 0 Å². The Bertz CT molecular complexity index is 271. The van der Waals surface area contributed by atoms with Gasteiger partial charge in [-0.3, -0.25) is 4.79 Å². The predicted molar refractivity (Wildman–Crippen MR) is 55.1 cm³/mol. The number of carbonyl (C=O) groups is 1. The maximum atomic E-state index is 9.77. The van der Waals surface area contributed by atoms with Crippen molar-refractivity contribution in [2.24, 2.45) is 0 Å². The van der Waals surface area contributed by atoms with Crippen LogP contribution in [0.2, 0.25) is 0 Å². The molecule has 3 nitrogen and oxygen atoms in total. The van der Waals surface area contributed by atoms with Gasteiger partial charge in [-0.1, -0.05) is 24.3 Å². The summed E-state index contributed by atoms with van der Waals surface area (Å²) in [7, 11) is 0. The summed E-state index contributed by atoms with van der Waals surface area (Å²) in [5.74, 6) is 0.375. The van der Waals surface area contributed by atoms with Gasteiger partial charge in [-0.05, 0) is 19.1 Å². The summed E-state index contributed by atoms with van der Waals surface area (Å²) >= 11 is 0. The molecule has 0 saturated heterocycles. The lowest BCUT2D eigenvalue weighted by Crippen LogP contribution is -1.66. The minimum atomic E-state index is 0.129. The van der Waals surface area contributed by atoms with Crippen molar-refractivity contribution in [3.05, 3.63) is 48.5 Å². The Hall–Kier alpha value is -1.61. The maximum Gasteiger partial charge on any atom is 0.185 e. The Labute approximate surface area is 83.4 Å². The third-order valence-electron chi connectivity index (χ3n) is 1.20. The van der Waals surface area contributed by atoms with Crippen molar-refractivity contribution in [2.45, 2.75) is 6.92 Å². The van der Waals surface area contributed by atoms with Crippen LogP contribution in [-0.2, 0) is 0 Å². The molecule has 3 heteroatoms. The highest BCUT2D eigenvalue weighted by molar-refractivity contribution is 5.69. The van der Waals surface area contributed by atoms with Crippen LogP contribution >= 0.6 is 0 Å². The zero-order valence-electron chi connectivity index (χ0n) is 8.09. The second-order valence-corrected chi connectivity index (χ2v) is 2.27. The van der Waals surface area contributed by atoms with Gasteiger partial charge in [0.15, 0.2) is 12.0 Å². The summed E-state index contributed by atoms with van der Waals surface area (Å²) in [6.45, 7) is 2.06. The van der Waals surface area contributed by atoms with Crippen LogP contribution in [0.4, 0.5) is 0 Å². The smallest absolute Gasteiger partial charge is 0.185 e. The molecule has 1 aromatic rings. The van der Waals surface area contributed by atoms with E-state index >= 15 is 0 Å². The lowest BCUT2D eigenvalue weighted by Gasteiger charge is -1.70. The number of hydrogen-bond donors (Lipinski definition) is 1. The summed E-state index contributed by atoms with van der Waals surface area (Å²) in [6, 6.07) is 3.27. The molecule has 0 aromatic carbocycles. The molecule has 0 amide bonds. The van der Waals surface area contributed by atoms with Gasteiger partial charge in [0.2, 0.25) is 0 Å². The molecule has 0 spiro atoms. The van der Waals surface area contributed by atoms with E-state index in [-0.39, 0.29) is 6.61 Å². The highest BCUT2D eigenvalue weighted by atomic mass is 16.3. The molecule has 1 aromatic heterocycles. The van der Waals surface area contributed by atoms with Gasteiger partial charge >= 0.3 is 0 Å². The molecule has 1 rings (SSSR count). The van der Waals surface area contributed by atoms with Crippen LogP contribution in [0.5, 0.6) is 0 Å². The van der Waals surface area contributed by atoms with Crippen molar-refractivity contribution in [1.29, 1.82) is 0 Å². The Kier molecular flexibility index (Phi) is 8.39. The van der Waals surface area contributed by atoms with Gasteiger partial charge in [-0.15, -0.1) is 0 Å².